The topological polar surface area (TPSA) is 111 Å². The molecule has 1 rings (SSSR count). The van der Waals surface area contributed by atoms with Crippen molar-refractivity contribution in [1.82, 2.24) is 4.90 Å². The van der Waals surface area contributed by atoms with Gasteiger partial charge in [-0.2, -0.15) is 4.99 Å². The van der Waals surface area contributed by atoms with Crippen LogP contribution in [-0.4, -0.2) is 42.6 Å². The van der Waals surface area contributed by atoms with E-state index in [1.165, 1.54) is 4.90 Å². The number of hydrogen-bond acceptors (Lipinski definition) is 3. The fourth-order valence-electron chi connectivity index (χ4n) is 1.08. The Hall–Kier alpha value is -1.79. The van der Waals surface area contributed by atoms with Gasteiger partial charge in [-0.15, -0.1) is 0 Å². The zero-order valence-corrected chi connectivity index (χ0v) is 7.60. The Balaban J connectivity index is 2.33. The summed E-state index contributed by atoms with van der Waals surface area (Å²) in [4.78, 5) is 26.1. The van der Waals surface area contributed by atoms with Crippen LogP contribution in [0.1, 0.15) is 6.42 Å². The van der Waals surface area contributed by atoms with Gasteiger partial charge < -0.3 is 21.1 Å². The molecule has 0 radical (unpaired) electrons. The van der Waals surface area contributed by atoms with Crippen LogP contribution in [0.4, 0.5) is 9.59 Å². The van der Waals surface area contributed by atoms with Gasteiger partial charge >= 0.3 is 12.1 Å². The molecule has 3 amide bonds. The summed E-state index contributed by atoms with van der Waals surface area (Å²) in [5.41, 5.74) is 10.2. The quantitative estimate of drug-likeness (QED) is 0.461. The highest BCUT2D eigenvalue weighted by molar-refractivity contribution is 5.92. The summed E-state index contributed by atoms with van der Waals surface area (Å²) in [7, 11) is 0. The summed E-state index contributed by atoms with van der Waals surface area (Å²) >= 11 is 0. The van der Waals surface area contributed by atoms with Crippen molar-refractivity contribution >= 4 is 18.0 Å². The summed E-state index contributed by atoms with van der Waals surface area (Å²) in [5.74, 6) is 0.122. The minimum absolute atomic E-state index is 0.122. The number of amidine groups is 1. The van der Waals surface area contributed by atoms with Crippen LogP contribution in [0.25, 0.3) is 0 Å². The van der Waals surface area contributed by atoms with Gasteiger partial charge in [-0.05, 0) is 0 Å². The van der Waals surface area contributed by atoms with Gasteiger partial charge in [0, 0.05) is 13.0 Å². The third-order valence-corrected chi connectivity index (χ3v) is 1.74. The van der Waals surface area contributed by atoms with Crippen molar-refractivity contribution in [2.75, 3.05) is 19.7 Å². The Bertz CT molecular complexity index is 276. The number of hydrogen-bond donors (Lipinski definition) is 2. The van der Waals surface area contributed by atoms with Gasteiger partial charge in [0.2, 0.25) is 0 Å². The van der Waals surface area contributed by atoms with E-state index in [0.29, 0.717) is 26.1 Å². The minimum Gasteiger partial charge on any atom is -0.448 e. The van der Waals surface area contributed by atoms with Crippen molar-refractivity contribution in [2.24, 2.45) is 16.5 Å². The van der Waals surface area contributed by atoms with Crippen LogP contribution in [0.2, 0.25) is 0 Å². The Kier molecular flexibility index (Phi) is 3.27. The van der Waals surface area contributed by atoms with Crippen molar-refractivity contribution in [1.29, 1.82) is 0 Å². The summed E-state index contributed by atoms with van der Waals surface area (Å²) in [6.07, 6.45) is -0.0465. The second-order valence-corrected chi connectivity index (χ2v) is 2.79. The van der Waals surface area contributed by atoms with Gasteiger partial charge in [-0.3, -0.25) is 0 Å². The first kappa shape index (κ1) is 10.3. The van der Waals surface area contributed by atoms with E-state index in [1.807, 2.05) is 0 Å². The molecular formula is C7H12N4O3. The van der Waals surface area contributed by atoms with Crippen LogP contribution in [0.15, 0.2) is 4.99 Å². The fourth-order valence-corrected chi connectivity index (χ4v) is 1.08. The number of nitrogens with two attached hydrogens (primary N) is 2. The average molecular weight is 200 g/mol. The number of primary amides is 1. The Morgan fingerprint density at radius 2 is 2.29 bits per heavy atom. The van der Waals surface area contributed by atoms with E-state index in [-0.39, 0.29) is 11.9 Å². The maximum absolute atomic E-state index is 10.9. The van der Waals surface area contributed by atoms with E-state index in [9.17, 15) is 9.59 Å². The van der Waals surface area contributed by atoms with Crippen LogP contribution in [0, 0.1) is 0 Å². The molecule has 0 bridgehead atoms. The molecule has 0 aromatic carbocycles. The maximum Gasteiger partial charge on any atom is 0.409 e. The van der Waals surface area contributed by atoms with E-state index in [2.05, 4.69) is 4.99 Å². The highest BCUT2D eigenvalue weighted by Gasteiger charge is 2.21. The largest absolute Gasteiger partial charge is 0.448 e. The molecule has 0 aromatic rings. The van der Waals surface area contributed by atoms with E-state index in [4.69, 9.17) is 16.2 Å². The molecule has 7 heteroatoms. The standard InChI is InChI=1S/C7H12N4O3/c8-5(10-6(9)12)1-2-11-3-4-14-7(11)13/h1-4H2,(H4,8,9,10,12). The number of amides is 3. The Morgan fingerprint density at radius 1 is 1.57 bits per heavy atom. The molecule has 14 heavy (non-hydrogen) atoms. The highest BCUT2D eigenvalue weighted by Crippen LogP contribution is 2.03. The average Bonchev–Trinajstić information content (AvgIpc) is 2.46. The summed E-state index contributed by atoms with van der Waals surface area (Å²) in [6.45, 7) is 1.33. The second-order valence-electron chi connectivity index (χ2n) is 2.79. The number of nitrogens with zero attached hydrogens (tertiary/aromatic N) is 2. The van der Waals surface area contributed by atoms with Crippen LogP contribution >= 0.6 is 0 Å². The predicted octanol–water partition coefficient (Wildman–Crippen LogP) is -0.735. The summed E-state index contributed by atoms with van der Waals surface area (Å²) in [6, 6.07) is -0.827. The summed E-state index contributed by atoms with van der Waals surface area (Å²) in [5, 5.41) is 0. The third kappa shape index (κ3) is 2.92. The molecule has 1 aliphatic heterocycles. The molecule has 0 aromatic heterocycles. The molecule has 4 N–H and O–H groups in total. The zero-order valence-electron chi connectivity index (χ0n) is 7.60. The minimum atomic E-state index is -0.827. The van der Waals surface area contributed by atoms with Crippen molar-refractivity contribution in [3.63, 3.8) is 0 Å². The molecule has 0 saturated carbocycles. The lowest BCUT2D eigenvalue weighted by atomic mass is 10.3. The van der Waals surface area contributed by atoms with E-state index in [0.717, 1.165) is 0 Å². The molecule has 0 spiro atoms. The molecule has 1 heterocycles. The molecule has 7 nitrogen and oxygen atoms in total. The lowest BCUT2D eigenvalue weighted by Crippen LogP contribution is -2.29. The van der Waals surface area contributed by atoms with Crippen molar-refractivity contribution < 1.29 is 14.3 Å². The first-order valence-corrected chi connectivity index (χ1v) is 4.14. The zero-order chi connectivity index (χ0) is 10.6. The van der Waals surface area contributed by atoms with Gasteiger partial charge in [-0.1, -0.05) is 0 Å². The normalized spacial score (nSPS) is 17.0. The number of rotatable bonds is 3. The highest BCUT2D eigenvalue weighted by atomic mass is 16.6. The molecule has 0 atom stereocenters. The molecule has 1 aliphatic rings. The van der Waals surface area contributed by atoms with Crippen molar-refractivity contribution in [3.8, 4) is 0 Å². The van der Waals surface area contributed by atoms with Crippen molar-refractivity contribution in [2.45, 2.75) is 6.42 Å². The second kappa shape index (κ2) is 4.45. The molecule has 1 saturated heterocycles. The van der Waals surface area contributed by atoms with Crippen LogP contribution in [0.5, 0.6) is 0 Å². The number of carbonyl (C=O) groups excluding carboxylic acids is 2. The van der Waals surface area contributed by atoms with Gasteiger partial charge in [-0.25, -0.2) is 9.59 Å². The van der Waals surface area contributed by atoms with Gasteiger partial charge in [0.05, 0.1) is 6.54 Å². The Morgan fingerprint density at radius 3 is 2.79 bits per heavy atom. The molecular weight excluding hydrogens is 188 g/mol. The van der Waals surface area contributed by atoms with Gasteiger partial charge in [0.15, 0.2) is 0 Å². The van der Waals surface area contributed by atoms with E-state index >= 15 is 0 Å². The number of aliphatic imine (C=N–C) groups is 1. The van der Waals surface area contributed by atoms with Crippen LogP contribution < -0.4 is 11.5 Å². The number of cyclic esters (lactones) is 1. The van der Waals surface area contributed by atoms with Gasteiger partial charge in [0.25, 0.3) is 0 Å². The first-order chi connectivity index (χ1) is 6.59. The number of carbonyl (C=O) groups is 2. The predicted molar refractivity (Wildman–Crippen MR) is 48.7 cm³/mol. The van der Waals surface area contributed by atoms with Crippen molar-refractivity contribution in [3.05, 3.63) is 0 Å². The maximum atomic E-state index is 10.9. The smallest absolute Gasteiger partial charge is 0.409 e. The number of urea groups is 1. The van der Waals surface area contributed by atoms with E-state index in [1.54, 1.807) is 0 Å². The molecule has 1 fully saturated rings. The third-order valence-electron chi connectivity index (χ3n) is 1.74. The van der Waals surface area contributed by atoms with E-state index < -0.39 is 6.03 Å². The molecule has 0 unspecified atom stereocenters. The van der Waals surface area contributed by atoms with Crippen LogP contribution in [0.3, 0.4) is 0 Å². The summed E-state index contributed by atoms with van der Waals surface area (Å²) < 4.78 is 4.69. The first-order valence-electron chi connectivity index (χ1n) is 4.14. The lowest BCUT2D eigenvalue weighted by molar-refractivity contribution is 0.159. The fraction of sp³-hybridized carbons (Fsp3) is 0.571. The number of ether oxygens (including phenoxy) is 1. The molecule has 78 valence electrons. The SMILES string of the molecule is NC(=O)N=C(N)CCN1CCOC1=O. The van der Waals surface area contributed by atoms with Gasteiger partial charge in [0.1, 0.15) is 12.4 Å². The van der Waals surface area contributed by atoms with Crippen LogP contribution in [-0.2, 0) is 4.74 Å². The monoisotopic (exact) mass is 200 g/mol. The molecule has 0 aliphatic carbocycles. The Labute approximate surface area is 80.7 Å². The lowest BCUT2D eigenvalue weighted by Gasteiger charge is -2.10.